The summed E-state index contributed by atoms with van der Waals surface area (Å²) in [4.78, 5) is 30.4. The summed E-state index contributed by atoms with van der Waals surface area (Å²) in [6.07, 6.45) is 7.03. The standard InChI is InChI=1S/C21H20N6O/c1-13-17(12-23-20(25-13)16-7-9-22-10-8-16)14(2)26-21(28)19-15(3)24-18-6-4-5-11-27(18)19/h4-12,14H,1-3H3,(H,26,28)/t14-/m0/s1. The number of amides is 1. The van der Waals surface area contributed by atoms with Crippen LogP contribution >= 0.6 is 0 Å². The molecule has 0 unspecified atom stereocenters. The summed E-state index contributed by atoms with van der Waals surface area (Å²) in [6, 6.07) is 9.15. The average Bonchev–Trinajstić information content (AvgIpc) is 3.04. The highest BCUT2D eigenvalue weighted by Crippen LogP contribution is 2.20. The molecule has 0 radical (unpaired) electrons. The Morgan fingerprint density at radius 3 is 2.61 bits per heavy atom. The van der Waals surface area contributed by atoms with E-state index in [4.69, 9.17) is 0 Å². The molecule has 4 heterocycles. The second-order valence-corrected chi connectivity index (χ2v) is 6.64. The van der Waals surface area contributed by atoms with Gasteiger partial charge in [-0.15, -0.1) is 0 Å². The number of carbonyl (C=O) groups excluding carboxylic acids is 1. The number of carbonyl (C=O) groups is 1. The maximum absolute atomic E-state index is 12.9. The Morgan fingerprint density at radius 1 is 1.07 bits per heavy atom. The van der Waals surface area contributed by atoms with Crippen LogP contribution in [0.15, 0.2) is 55.1 Å². The Balaban J connectivity index is 1.59. The quantitative estimate of drug-likeness (QED) is 0.594. The molecule has 1 N–H and O–H groups in total. The smallest absolute Gasteiger partial charge is 0.270 e. The van der Waals surface area contributed by atoms with Gasteiger partial charge in [0.05, 0.1) is 11.7 Å². The van der Waals surface area contributed by atoms with Gasteiger partial charge in [-0.25, -0.2) is 15.0 Å². The minimum atomic E-state index is -0.243. The molecule has 4 rings (SSSR count). The first kappa shape index (κ1) is 17.8. The van der Waals surface area contributed by atoms with Crippen LogP contribution in [0.4, 0.5) is 0 Å². The Bertz CT molecular complexity index is 1150. The summed E-state index contributed by atoms with van der Waals surface area (Å²) in [5, 5.41) is 3.04. The molecular formula is C21H20N6O. The average molecular weight is 372 g/mol. The highest BCUT2D eigenvalue weighted by molar-refractivity contribution is 5.94. The molecule has 1 atom stereocenters. The zero-order chi connectivity index (χ0) is 19.7. The fourth-order valence-corrected chi connectivity index (χ4v) is 3.27. The van der Waals surface area contributed by atoms with E-state index in [9.17, 15) is 4.79 Å². The second-order valence-electron chi connectivity index (χ2n) is 6.64. The van der Waals surface area contributed by atoms with Gasteiger partial charge in [-0.05, 0) is 45.0 Å². The van der Waals surface area contributed by atoms with Crippen molar-refractivity contribution in [3.05, 3.63) is 77.8 Å². The Kier molecular flexibility index (Phi) is 4.57. The van der Waals surface area contributed by atoms with Crippen molar-refractivity contribution in [3.63, 3.8) is 0 Å². The van der Waals surface area contributed by atoms with Gasteiger partial charge >= 0.3 is 0 Å². The van der Waals surface area contributed by atoms with Gasteiger partial charge in [0.15, 0.2) is 5.82 Å². The number of hydrogen-bond donors (Lipinski definition) is 1. The SMILES string of the molecule is Cc1nc(-c2ccncc2)ncc1[C@H](C)NC(=O)c1c(C)nc2ccccn12. The number of imidazole rings is 1. The van der Waals surface area contributed by atoms with Crippen molar-refractivity contribution in [3.8, 4) is 11.4 Å². The number of fused-ring (bicyclic) bond motifs is 1. The molecule has 0 aromatic carbocycles. The van der Waals surface area contributed by atoms with E-state index in [0.29, 0.717) is 17.2 Å². The first-order valence-corrected chi connectivity index (χ1v) is 9.03. The lowest BCUT2D eigenvalue weighted by Crippen LogP contribution is -2.29. The summed E-state index contributed by atoms with van der Waals surface area (Å²) in [7, 11) is 0. The molecule has 4 aromatic rings. The van der Waals surface area contributed by atoms with Gasteiger partial charge in [0.25, 0.3) is 5.91 Å². The van der Waals surface area contributed by atoms with E-state index in [1.165, 1.54) is 0 Å². The van der Waals surface area contributed by atoms with E-state index in [2.05, 4.69) is 25.3 Å². The number of rotatable bonds is 4. The van der Waals surface area contributed by atoms with Crippen molar-refractivity contribution < 1.29 is 4.79 Å². The summed E-state index contributed by atoms with van der Waals surface area (Å²) in [5.74, 6) is 0.459. The minimum absolute atomic E-state index is 0.179. The molecule has 7 nitrogen and oxygen atoms in total. The molecule has 1 amide bonds. The third kappa shape index (κ3) is 3.22. The highest BCUT2D eigenvalue weighted by atomic mass is 16.2. The molecule has 0 saturated carbocycles. The predicted octanol–water partition coefficient (Wildman–Crippen LogP) is 3.29. The zero-order valence-corrected chi connectivity index (χ0v) is 15.9. The fraction of sp³-hybridized carbons (Fsp3) is 0.190. The Hall–Kier alpha value is -3.61. The van der Waals surface area contributed by atoms with E-state index in [1.54, 1.807) is 23.0 Å². The third-order valence-electron chi connectivity index (χ3n) is 4.69. The van der Waals surface area contributed by atoms with E-state index in [0.717, 1.165) is 22.5 Å². The van der Waals surface area contributed by atoms with Gasteiger partial charge < -0.3 is 5.32 Å². The van der Waals surface area contributed by atoms with Crippen LogP contribution in [0.25, 0.3) is 17.0 Å². The first-order valence-electron chi connectivity index (χ1n) is 9.03. The Labute approximate surface area is 162 Å². The lowest BCUT2D eigenvalue weighted by molar-refractivity contribution is 0.0933. The monoisotopic (exact) mass is 372 g/mol. The van der Waals surface area contributed by atoms with Crippen LogP contribution in [0.1, 0.15) is 40.4 Å². The summed E-state index contributed by atoms with van der Waals surface area (Å²) >= 11 is 0. The van der Waals surface area contributed by atoms with Crippen LogP contribution in [-0.2, 0) is 0 Å². The predicted molar refractivity (Wildman–Crippen MR) is 106 cm³/mol. The van der Waals surface area contributed by atoms with Crippen LogP contribution in [0.5, 0.6) is 0 Å². The molecule has 0 bridgehead atoms. The molecule has 7 heteroatoms. The third-order valence-corrected chi connectivity index (χ3v) is 4.69. The van der Waals surface area contributed by atoms with Crippen molar-refractivity contribution in [1.29, 1.82) is 0 Å². The van der Waals surface area contributed by atoms with Gasteiger partial charge in [0.2, 0.25) is 0 Å². The van der Waals surface area contributed by atoms with E-state index >= 15 is 0 Å². The van der Waals surface area contributed by atoms with E-state index in [1.807, 2.05) is 57.3 Å². The van der Waals surface area contributed by atoms with Crippen molar-refractivity contribution >= 4 is 11.6 Å². The van der Waals surface area contributed by atoms with Crippen molar-refractivity contribution in [2.45, 2.75) is 26.8 Å². The molecular weight excluding hydrogens is 352 g/mol. The van der Waals surface area contributed by atoms with Gasteiger partial charge in [-0.2, -0.15) is 0 Å². The molecule has 0 saturated heterocycles. The van der Waals surface area contributed by atoms with Gasteiger partial charge in [-0.3, -0.25) is 14.2 Å². The number of aromatic nitrogens is 5. The molecule has 140 valence electrons. The molecule has 4 aromatic heterocycles. The number of nitrogens with one attached hydrogen (secondary N) is 1. The van der Waals surface area contributed by atoms with E-state index in [-0.39, 0.29) is 11.9 Å². The zero-order valence-electron chi connectivity index (χ0n) is 15.9. The maximum atomic E-state index is 12.9. The molecule has 28 heavy (non-hydrogen) atoms. The van der Waals surface area contributed by atoms with Crippen LogP contribution in [0, 0.1) is 13.8 Å². The van der Waals surface area contributed by atoms with Gasteiger partial charge in [0.1, 0.15) is 11.3 Å². The molecule has 0 aliphatic carbocycles. The van der Waals surface area contributed by atoms with Crippen molar-refractivity contribution in [1.82, 2.24) is 29.7 Å². The van der Waals surface area contributed by atoms with Crippen LogP contribution in [-0.4, -0.2) is 30.2 Å². The molecule has 0 fully saturated rings. The molecule has 0 spiro atoms. The second kappa shape index (κ2) is 7.19. The molecule has 0 aliphatic rings. The minimum Gasteiger partial charge on any atom is -0.344 e. The largest absolute Gasteiger partial charge is 0.344 e. The van der Waals surface area contributed by atoms with Gasteiger partial charge in [0, 0.05) is 41.6 Å². The van der Waals surface area contributed by atoms with Crippen molar-refractivity contribution in [2.75, 3.05) is 0 Å². The lowest BCUT2D eigenvalue weighted by Gasteiger charge is -2.16. The van der Waals surface area contributed by atoms with E-state index < -0.39 is 0 Å². The maximum Gasteiger partial charge on any atom is 0.270 e. The van der Waals surface area contributed by atoms with Crippen LogP contribution < -0.4 is 5.32 Å². The van der Waals surface area contributed by atoms with Gasteiger partial charge in [-0.1, -0.05) is 6.07 Å². The summed E-state index contributed by atoms with van der Waals surface area (Å²) < 4.78 is 1.80. The fourth-order valence-electron chi connectivity index (χ4n) is 3.27. The number of pyridine rings is 2. The normalized spacial score (nSPS) is 12.1. The number of nitrogens with zero attached hydrogens (tertiary/aromatic N) is 5. The topological polar surface area (TPSA) is 85.1 Å². The van der Waals surface area contributed by atoms with Crippen LogP contribution in [0.3, 0.4) is 0 Å². The number of hydrogen-bond acceptors (Lipinski definition) is 5. The van der Waals surface area contributed by atoms with Crippen LogP contribution in [0.2, 0.25) is 0 Å². The highest BCUT2D eigenvalue weighted by Gasteiger charge is 2.20. The first-order chi connectivity index (χ1) is 13.5. The molecule has 0 aliphatic heterocycles. The Morgan fingerprint density at radius 2 is 1.86 bits per heavy atom. The summed E-state index contributed by atoms with van der Waals surface area (Å²) in [5.41, 5.74) is 4.58. The summed E-state index contributed by atoms with van der Waals surface area (Å²) in [6.45, 7) is 5.68. The number of aryl methyl sites for hydroxylation is 2. The van der Waals surface area contributed by atoms with Crippen molar-refractivity contribution in [2.24, 2.45) is 0 Å². The lowest BCUT2D eigenvalue weighted by atomic mass is 10.1.